The first-order chi connectivity index (χ1) is 7.07. The molecular formula is C11H13ClF3N. The van der Waals surface area contributed by atoms with Gasteiger partial charge in [0.15, 0.2) is 0 Å². The van der Waals surface area contributed by atoms with Gasteiger partial charge in [-0.25, -0.2) is 0 Å². The first-order valence-corrected chi connectivity index (χ1v) is 5.16. The van der Waals surface area contributed by atoms with Gasteiger partial charge < -0.3 is 0 Å². The summed E-state index contributed by atoms with van der Waals surface area (Å²) in [6.45, 7) is 5.59. The molecule has 5 heteroatoms. The fourth-order valence-corrected chi connectivity index (χ4v) is 1.69. The lowest BCUT2D eigenvalue weighted by molar-refractivity contribution is -0.181. The highest BCUT2D eigenvalue weighted by Gasteiger charge is 2.50. The minimum absolute atomic E-state index is 0.0606. The number of halogens is 4. The summed E-state index contributed by atoms with van der Waals surface area (Å²) in [5.41, 5.74) is -0.809. The van der Waals surface area contributed by atoms with Gasteiger partial charge in [0.2, 0.25) is 0 Å². The van der Waals surface area contributed by atoms with Gasteiger partial charge in [-0.15, -0.1) is 0 Å². The monoisotopic (exact) mass is 251 g/mol. The van der Waals surface area contributed by atoms with Crippen molar-refractivity contribution in [1.29, 1.82) is 0 Å². The largest absolute Gasteiger partial charge is 0.399 e. The van der Waals surface area contributed by atoms with Crippen LogP contribution in [0.2, 0.25) is 5.02 Å². The fraction of sp³-hybridized carbons (Fsp3) is 0.545. The van der Waals surface area contributed by atoms with E-state index in [-0.39, 0.29) is 10.7 Å². The molecular weight excluding hydrogens is 239 g/mol. The van der Waals surface area contributed by atoms with Gasteiger partial charge in [-0.1, -0.05) is 11.6 Å². The van der Waals surface area contributed by atoms with Crippen LogP contribution >= 0.6 is 11.6 Å². The number of pyridine rings is 1. The van der Waals surface area contributed by atoms with E-state index in [1.807, 2.05) is 0 Å². The minimum Gasteiger partial charge on any atom is -0.255 e. The second-order valence-corrected chi connectivity index (χ2v) is 4.75. The summed E-state index contributed by atoms with van der Waals surface area (Å²) in [6.07, 6.45) is -4.37. The molecule has 0 atom stereocenters. The van der Waals surface area contributed by atoms with Crippen LogP contribution in [0, 0.1) is 13.8 Å². The molecule has 0 amide bonds. The zero-order chi connectivity index (χ0) is 12.7. The van der Waals surface area contributed by atoms with Crippen molar-refractivity contribution >= 4 is 11.6 Å². The maximum atomic E-state index is 12.8. The van der Waals surface area contributed by atoms with Gasteiger partial charge in [-0.05, 0) is 39.3 Å². The van der Waals surface area contributed by atoms with Crippen LogP contribution in [0.4, 0.5) is 13.2 Å². The van der Waals surface area contributed by atoms with Gasteiger partial charge >= 0.3 is 6.18 Å². The second kappa shape index (κ2) is 3.91. The Balaban J connectivity index is 3.39. The van der Waals surface area contributed by atoms with E-state index in [0.717, 1.165) is 19.4 Å². The molecule has 0 saturated carbocycles. The zero-order valence-electron chi connectivity index (χ0n) is 9.54. The third kappa shape index (κ3) is 2.17. The summed E-state index contributed by atoms with van der Waals surface area (Å²) in [6, 6.07) is 1.52. The van der Waals surface area contributed by atoms with Crippen LogP contribution < -0.4 is 0 Å². The highest BCUT2D eigenvalue weighted by molar-refractivity contribution is 6.31. The van der Waals surface area contributed by atoms with Crippen LogP contribution in [0.5, 0.6) is 0 Å². The molecule has 1 heterocycles. The summed E-state index contributed by atoms with van der Waals surface area (Å²) < 4.78 is 38.5. The number of hydrogen-bond donors (Lipinski definition) is 0. The summed E-state index contributed by atoms with van der Waals surface area (Å²) >= 11 is 5.83. The molecule has 0 aromatic carbocycles. The van der Waals surface area contributed by atoms with E-state index in [9.17, 15) is 13.2 Å². The van der Waals surface area contributed by atoms with E-state index in [0.29, 0.717) is 5.69 Å². The number of aromatic nitrogens is 1. The van der Waals surface area contributed by atoms with Crippen molar-refractivity contribution < 1.29 is 13.2 Å². The highest BCUT2D eigenvalue weighted by atomic mass is 35.5. The Kier molecular flexibility index (Phi) is 3.25. The maximum absolute atomic E-state index is 12.8. The van der Waals surface area contributed by atoms with Crippen LogP contribution in [0.3, 0.4) is 0 Å². The van der Waals surface area contributed by atoms with Gasteiger partial charge in [-0.3, -0.25) is 4.98 Å². The second-order valence-electron chi connectivity index (χ2n) is 4.34. The molecule has 0 spiro atoms. The molecule has 1 aromatic heterocycles. The van der Waals surface area contributed by atoms with Crippen molar-refractivity contribution in [3.63, 3.8) is 0 Å². The Labute approximate surface area is 97.6 Å². The minimum atomic E-state index is -4.37. The molecule has 0 unspecified atom stereocenters. The molecule has 1 aromatic rings. The molecule has 0 aliphatic carbocycles. The Morgan fingerprint density at radius 1 is 1.19 bits per heavy atom. The third-order valence-electron chi connectivity index (χ3n) is 2.72. The van der Waals surface area contributed by atoms with Crippen molar-refractivity contribution in [3.8, 4) is 0 Å². The van der Waals surface area contributed by atoms with Crippen molar-refractivity contribution in [2.75, 3.05) is 0 Å². The Hall–Kier alpha value is -0.770. The molecule has 0 radical (unpaired) electrons. The van der Waals surface area contributed by atoms with Crippen LogP contribution in [0.25, 0.3) is 0 Å². The number of alkyl halides is 3. The molecule has 0 N–H and O–H groups in total. The summed E-state index contributed by atoms with van der Waals surface area (Å²) in [5, 5.41) is 0.0606. The van der Waals surface area contributed by atoms with Crippen LogP contribution in [0.15, 0.2) is 6.07 Å². The first-order valence-electron chi connectivity index (χ1n) is 4.78. The van der Waals surface area contributed by atoms with Gasteiger partial charge in [0.05, 0.1) is 10.7 Å². The van der Waals surface area contributed by atoms with E-state index in [2.05, 4.69) is 4.98 Å². The summed E-state index contributed by atoms with van der Waals surface area (Å²) in [7, 11) is 0. The lowest BCUT2D eigenvalue weighted by Gasteiger charge is -2.28. The van der Waals surface area contributed by atoms with E-state index >= 15 is 0 Å². The van der Waals surface area contributed by atoms with Crippen molar-refractivity contribution in [3.05, 3.63) is 28.0 Å². The van der Waals surface area contributed by atoms with Gasteiger partial charge in [0.25, 0.3) is 0 Å². The third-order valence-corrected chi connectivity index (χ3v) is 3.01. The topological polar surface area (TPSA) is 12.9 Å². The van der Waals surface area contributed by atoms with Crippen LogP contribution in [0.1, 0.15) is 30.8 Å². The molecule has 0 aliphatic rings. The zero-order valence-corrected chi connectivity index (χ0v) is 10.3. The quantitative estimate of drug-likeness (QED) is 0.729. The molecule has 1 nitrogen and oxygen atoms in total. The molecule has 0 aliphatic heterocycles. The average Bonchev–Trinajstić information content (AvgIpc) is 2.09. The lowest BCUT2D eigenvalue weighted by atomic mass is 9.87. The maximum Gasteiger partial charge on any atom is 0.399 e. The van der Waals surface area contributed by atoms with Gasteiger partial charge in [-0.2, -0.15) is 13.2 Å². The standard InChI is InChI=1S/C11H13ClF3N/c1-6-5-8(12)9(16-7(6)2)10(3,4)11(13,14)15/h5H,1-4H3. The molecule has 0 bridgehead atoms. The first kappa shape index (κ1) is 13.3. The SMILES string of the molecule is Cc1cc(Cl)c(C(C)(C)C(F)(F)F)nc1C. The van der Waals surface area contributed by atoms with Crippen LogP contribution in [-0.2, 0) is 5.41 Å². The van der Waals surface area contributed by atoms with E-state index in [1.54, 1.807) is 13.8 Å². The Morgan fingerprint density at radius 3 is 2.12 bits per heavy atom. The van der Waals surface area contributed by atoms with Crippen molar-refractivity contribution in [1.82, 2.24) is 4.98 Å². The molecule has 16 heavy (non-hydrogen) atoms. The predicted octanol–water partition coefficient (Wildman–Crippen LogP) is 4.19. The molecule has 0 fully saturated rings. The Bertz CT molecular complexity index is 410. The average molecular weight is 252 g/mol. The smallest absolute Gasteiger partial charge is 0.255 e. The number of aryl methyl sites for hydroxylation is 2. The summed E-state index contributed by atoms with van der Waals surface area (Å²) in [5.74, 6) is 0. The van der Waals surface area contributed by atoms with Gasteiger partial charge in [0, 0.05) is 5.69 Å². The molecule has 90 valence electrons. The van der Waals surface area contributed by atoms with E-state index in [4.69, 9.17) is 11.6 Å². The van der Waals surface area contributed by atoms with Gasteiger partial charge in [0.1, 0.15) is 5.41 Å². The summed E-state index contributed by atoms with van der Waals surface area (Å²) in [4.78, 5) is 3.96. The predicted molar refractivity (Wildman–Crippen MR) is 57.8 cm³/mol. The van der Waals surface area contributed by atoms with Crippen LogP contribution in [-0.4, -0.2) is 11.2 Å². The van der Waals surface area contributed by atoms with E-state index in [1.165, 1.54) is 6.07 Å². The van der Waals surface area contributed by atoms with E-state index < -0.39 is 11.6 Å². The van der Waals surface area contributed by atoms with Crippen molar-refractivity contribution in [2.24, 2.45) is 0 Å². The Morgan fingerprint density at radius 2 is 1.69 bits per heavy atom. The lowest BCUT2D eigenvalue weighted by Crippen LogP contribution is -2.37. The molecule has 0 saturated heterocycles. The number of hydrogen-bond acceptors (Lipinski definition) is 1. The normalized spacial score (nSPS) is 13.0. The highest BCUT2D eigenvalue weighted by Crippen LogP contribution is 2.42. The van der Waals surface area contributed by atoms with Crippen molar-refractivity contribution in [2.45, 2.75) is 39.3 Å². The molecule has 1 rings (SSSR count). The number of nitrogens with zero attached hydrogens (tertiary/aromatic N) is 1. The fourth-order valence-electron chi connectivity index (χ4n) is 1.24. The number of rotatable bonds is 1.